The van der Waals surface area contributed by atoms with Crippen LogP contribution in [-0.4, -0.2) is 11.1 Å². The number of benzene rings is 2. The molecule has 0 aliphatic carbocycles. The summed E-state index contributed by atoms with van der Waals surface area (Å²) in [6.07, 6.45) is 2.77. The SMILES string of the molecule is CCC(C)c1c(CCc2ccccc2C)cccc1C(=O)O. The lowest BCUT2D eigenvalue weighted by Crippen LogP contribution is -2.09. The van der Waals surface area contributed by atoms with Crippen LogP contribution in [0.3, 0.4) is 0 Å². The summed E-state index contributed by atoms with van der Waals surface area (Å²) in [5, 5.41) is 9.46. The molecule has 0 saturated carbocycles. The fourth-order valence-electron chi connectivity index (χ4n) is 2.96. The average molecular weight is 296 g/mol. The Morgan fingerprint density at radius 3 is 2.32 bits per heavy atom. The largest absolute Gasteiger partial charge is 0.478 e. The number of hydrogen-bond acceptors (Lipinski definition) is 1. The van der Waals surface area contributed by atoms with Crippen molar-refractivity contribution >= 4 is 5.97 Å². The molecule has 0 bridgehead atoms. The predicted molar refractivity (Wildman–Crippen MR) is 90.7 cm³/mol. The second kappa shape index (κ2) is 7.26. The van der Waals surface area contributed by atoms with Crippen molar-refractivity contribution < 1.29 is 9.90 Å². The molecule has 0 heterocycles. The van der Waals surface area contributed by atoms with Crippen LogP contribution in [0.5, 0.6) is 0 Å². The minimum atomic E-state index is -0.826. The normalized spacial score (nSPS) is 12.1. The van der Waals surface area contributed by atoms with Gasteiger partial charge in [0.15, 0.2) is 0 Å². The Bertz CT molecular complexity index is 659. The summed E-state index contributed by atoms with van der Waals surface area (Å²) in [6, 6.07) is 14.0. The van der Waals surface area contributed by atoms with Gasteiger partial charge in [-0.15, -0.1) is 0 Å². The van der Waals surface area contributed by atoms with Crippen LogP contribution in [0.2, 0.25) is 0 Å². The Balaban J connectivity index is 2.32. The molecular formula is C20H24O2. The van der Waals surface area contributed by atoms with Crippen molar-refractivity contribution in [2.45, 2.75) is 46.0 Å². The van der Waals surface area contributed by atoms with Gasteiger partial charge < -0.3 is 5.11 Å². The van der Waals surface area contributed by atoms with E-state index in [1.165, 1.54) is 11.1 Å². The summed E-state index contributed by atoms with van der Waals surface area (Å²) in [7, 11) is 0. The Hall–Kier alpha value is -2.09. The molecule has 1 unspecified atom stereocenters. The number of hydrogen-bond donors (Lipinski definition) is 1. The maximum atomic E-state index is 11.5. The summed E-state index contributed by atoms with van der Waals surface area (Å²) < 4.78 is 0. The lowest BCUT2D eigenvalue weighted by Gasteiger charge is -2.18. The number of carboxylic acids is 1. The topological polar surface area (TPSA) is 37.3 Å². The third-order valence-electron chi connectivity index (χ3n) is 4.46. The number of aryl methyl sites for hydroxylation is 3. The van der Waals surface area contributed by atoms with E-state index in [4.69, 9.17) is 0 Å². The van der Waals surface area contributed by atoms with Crippen molar-refractivity contribution in [3.05, 3.63) is 70.3 Å². The molecule has 2 nitrogen and oxygen atoms in total. The molecule has 0 radical (unpaired) electrons. The van der Waals surface area contributed by atoms with Gasteiger partial charge in [0.2, 0.25) is 0 Å². The standard InChI is InChI=1S/C20H24O2/c1-4-14(2)19-17(10-7-11-18(19)20(21)22)13-12-16-9-6-5-8-15(16)3/h5-11,14H,4,12-13H2,1-3H3,(H,21,22). The van der Waals surface area contributed by atoms with E-state index in [2.05, 4.69) is 51.1 Å². The molecule has 0 aliphatic heterocycles. The van der Waals surface area contributed by atoms with E-state index in [0.29, 0.717) is 5.56 Å². The van der Waals surface area contributed by atoms with Gasteiger partial charge in [-0.1, -0.05) is 50.2 Å². The van der Waals surface area contributed by atoms with Gasteiger partial charge in [-0.25, -0.2) is 4.79 Å². The van der Waals surface area contributed by atoms with Crippen molar-refractivity contribution in [3.8, 4) is 0 Å². The molecule has 2 rings (SSSR count). The first kappa shape index (κ1) is 16.3. The lowest BCUT2D eigenvalue weighted by atomic mass is 9.86. The van der Waals surface area contributed by atoms with Crippen molar-refractivity contribution in [2.75, 3.05) is 0 Å². The fraction of sp³-hybridized carbons (Fsp3) is 0.350. The minimum Gasteiger partial charge on any atom is -0.478 e. The Morgan fingerprint density at radius 1 is 1.05 bits per heavy atom. The number of carboxylic acid groups (broad SMARTS) is 1. The second-order valence-corrected chi connectivity index (χ2v) is 5.92. The molecule has 22 heavy (non-hydrogen) atoms. The highest BCUT2D eigenvalue weighted by atomic mass is 16.4. The zero-order valence-electron chi connectivity index (χ0n) is 13.6. The van der Waals surface area contributed by atoms with Crippen LogP contribution in [0.1, 0.15) is 58.8 Å². The van der Waals surface area contributed by atoms with Gasteiger partial charge in [0.05, 0.1) is 5.56 Å². The van der Waals surface area contributed by atoms with E-state index >= 15 is 0 Å². The molecule has 0 spiro atoms. The molecule has 1 atom stereocenters. The molecule has 0 fully saturated rings. The molecule has 1 N–H and O–H groups in total. The van der Waals surface area contributed by atoms with E-state index < -0.39 is 5.97 Å². The fourth-order valence-corrected chi connectivity index (χ4v) is 2.96. The molecule has 0 aliphatic rings. The predicted octanol–water partition coefficient (Wildman–Crippen LogP) is 4.99. The van der Waals surface area contributed by atoms with Gasteiger partial charge in [-0.3, -0.25) is 0 Å². The molecule has 0 saturated heterocycles. The van der Waals surface area contributed by atoms with Crippen molar-refractivity contribution in [1.82, 2.24) is 0 Å². The third-order valence-corrected chi connectivity index (χ3v) is 4.46. The van der Waals surface area contributed by atoms with Crippen LogP contribution >= 0.6 is 0 Å². The molecule has 116 valence electrons. The first-order valence-corrected chi connectivity index (χ1v) is 7.94. The van der Waals surface area contributed by atoms with E-state index in [1.807, 2.05) is 6.07 Å². The molecule has 0 amide bonds. The summed E-state index contributed by atoms with van der Waals surface area (Å²) in [4.78, 5) is 11.5. The van der Waals surface area contributed by atoms with Crippen LogP contribution in [0.25, 0.3) is 0 Å². The second-order valence-electron chi connectivity index (χ2n) is 5.92. The lowest BCUT2D eigenvalue weighted by molar-refractivity contribution is 0.0695. The monoisotopic (exact) mass is 296 g/mol. The maximum absolute atomic E-state index is 11.5. The zero-order chi connectivity index (χ0) is 16.1. The van der Waals surface area contributed by atoms with Crippen LogP contribution in [0.4, 0.5) is 0 Å². The Kier molecular flexibility index (Phi) is 5.37. The summed E-state index contributed by atoms with van der Waals surface area (Å²) in [6.45, 7) is 6.34. The van der Waals surface area contributed by atoms with Gasteiger partial charge in [0.25, 0.3) is 0 Å². The smallest absolute Gasteiger partial charge is 0.335 e. The first-order chi connectivity index (χ1) is 10.5. The summed E-state index contributed by atoms with van der Waals surface area (Å²) in [5.41, 5.74) is 5.25. The Morgan fingerprint density at radius 2 is 1.68 bits per heavy atom. The van der Waals surface area contributed by atoms with E-state index in [0.717, 1.165) is 30.4 Å². The Labute approximate surface area is 132 Å². The highest BCUT2D eigenvalue weighted by Crippen LogP contribution is 2.28. The van der Waals surface area contributed by atoms with Crippen molar-refractivity contribution in [2.24, 2.45) is 0 Å². The quantitative estimate of drug-likeness (QED) is 0.815. The molecule has 2 heteroatoms. The molecule has 2 aromatic rings. The van der Waals surface area contributed by atoms with Crippen molar-refractivity contribution in [3.63, 3.8) is 0 Å². The maximum Gasteiger partial charge on any atom is 0.335 e. The van der Waals surface area contributed by atoms with Gasteiger partial charge >= 0.3 is 5.97 Å². The van der Waals surface area contributed by atoms with Gasteiger partial charge in [0, 0.05) is 0 Å². The molecule has 2 aromatic carbocycles. The number of carbonyl (C=O) groups is 1. The van der Waals surface area contributed by atoms with E-state index in [9.17, 15) is 9.90 Å². The number of rotatable bonds is 6. The van der Waals surface area contributed by atoms with Crippen LogP contribution < -0.4 is 0 Å². The van der Waals surface area contributed by atoms with E-state index in [1.54, 1.807) is 6.07 Å². The van der Waals surface area contributed by atoms with Crippen LogP contribution in [-0.2, 0) is 12.8 Å². The van der Waals surface area contributed by atoms with Gasteiger partial charge in [0.1, 0.15) is 0 Å². The zero-order valence-corrected chi connectivity index (χ0v) is 13.6. The molecular weight excluding hydrogens is 272 g/mol. The van der Waals surface area contributed by atoms with Gasteiger partial charge in [-0.05, 0) is 60.4 Å². The van der Waals surface area contributed by atoms with E-state index in [-0.39, 0.29) is 5.92 Å². The van der Waals surface area contributed by atoms with Crippen LogP contribution in [0, 0.1) is 6.92 Å². The van der Waals surface area contributed by atoms with Crippen LogP contribution in [0.15, 0.2) is 42.5 Å². The first-order valence-electron chi connectivity index (χ1n) is 7.94. The highest BCUT2D eigenvalue weighted by molar-refractivity contribution is 5.90. The minimum absolute atomic E-state index is 0.263. The van der Waals surface area contributed by atoms with Gasteiger partial charge in [-0.2, -0.15) is 0 Å². The summed E-state index contributed by atoms with van der Waals surface area (Å²) in [5.74, 6) is -0.563. The number of aromatic carboxylic acids is 1. The highest BCUT2D eigenvalue weighted by Gasteiger charge is 2.18. The average Bonchev–Trinajstić information content (AvgIpc) is 2.53. The third kappa shape index (κ3) is 3.56. The van der Waals surface area contributed by atoms with Crippen molar-refractivity contribution in [1.29, 1.82) is 0 Å². The molecule has 0 aromatic heterocycles. The summed E-state index contributed by atoms with van der Waals surface area (Å²) >= 11 is 0.